The van der Waals surface area contributed by atoms with Crippen LogP contribution in [-0.2, 0) is 11.2 Å². The Hall–Kier alpha value is -1.66. The molecule has 1 heterocycles. The topological polar surface area (TPSA) is 73.1 Å². The second kappa shape index (κ2) is 6.49. The standard InChI is InChI=1S/C13H15BrN4O/c1-19-7-6-9-4-2-3-5-11(9)17-12-10(14)8-16-13(15)18-12/h2-5,8H,6-7H2,1H3,(H3,15,16,17,18). The Labute approximate surface area is 120 Å². The number of nitrogens with one attached hydrogen (secondary N) is 1. The summed E-state index contributed by atoms with van der Waals surface area (Å²) in [6.45, 7) is 0.672. The van der Waals surface area contributed by atoms with Gasteiger partial charge >= 0.3 is 0 Å². The summed E-state index contributed by atoms with van der Waals surface area (Å²) in [5.74, 6) is 0.887. The molecule has 1 aromatic carbocycles. The highest BCUT2D eigenvalue weighted by Gasteiger charge is 2.07. The molecule has 0 radical (unpaired) electrons. The highest BCUT2D eigenvalue weighted by atomic mass is 79.9. The Bertz CT molecular complexity index is 562. The number of rotatable bonds is 5. The number of nitrogens with zero attached hydrogens (tertiary/aromatic N) is 2. The second-order valence-electron chi connectivity index (χ2n) is 3.95. The Morgan fingerprint density at radius 3 is 2.95 bits per heavy atom. The number of benzene rings is 1. The summed E-state index contributed by atoms with van der Waals surface area (Å²) in [7, 11) is 1.69. The summed E-state index contributed by atoms with van der Waals surface area (Å²) in [5.41, 5.74) is 7.74. The van der Waals surface area contributed by atoms with Crippen LogP contribution in [0.15, 0.2) is 34.9 Å². The molecule has 5 nitrogen and oxygen atoms in total. The van der Waals surface area contributed by atoms with E-state index in [4.69, 9.17) is 10.5 Å². The van der Waals surface area contributed by atoms with Gasteiger partial charge in [0.1, 0.15) is 5.82 Å². The van der Waals surface area contributed by atoms with Gasteiger partial charge in [-0.1, -0.05) is 18.2 Å². The third-order valence-electron chi connectivity index (χ3n) is 2.61. The number of hydrogen-bond donors (Lipinski definition) is 2. The molecule has 3 N–H and O–H groups in total. The van der Waals surface area contributed by atoms with Crippen LogP contribution in [0.25, 0.3) is 0 Å². The molecule has 0 fully saturated rings. The van der Waals surface area contributed by atoms with Crippen molar-refractivity contribution < 1.29 is 4.74 Å². The van der Waals surface area contributed by atoms with E-state index < -0.39 is 0 Å². The molecule has 0 bridgehead atoms. The maximum absolute atomic E-state index is 5.60. The van der Waals surface area contributed by atoms with Crippen molar-refractivity contribution in [3.63, 3.8) is 0 Å². The van der Waals surface area contributed by atoms with Gasteiger partial charge in [0.15, 0.2) is 0 Å². The monoisotopic (exact) mass is 322 g/mol. The van der Waals surface area contributed by atoms with Gasteiger partial charge in [-0.05, 0) is 34.0 Å². The fraction of sp³-hybridized carbons (Fsp3) is 0.231. The van der Waals surface area contributed by atoms with Gasteiger partial charge < -0.3 is 15.8 Å². The second-order valence-corrected chi connectivity index (χ2v) is 4.80. The minimum Gasteiger partial charge on any atom is -0.384 e. The predicted molar refractivity (Wildman–Crippen MR) is 79.4 cm³/mol. The predicted octanol–water partition coefficient (Wildman–Crippen LogP) is 2.75. The van der Waals surface area contributed by atoms with Gasteiger partial charge in [-0.25, -0.2) is 4.98 Å². The average molecular weight is 323 g/mol. The van der Waals surface area contributed by atoms with Crippen LogP contribution in [0.5, 0.6) is 0 Å². The van der Waals surface area contributed by atoms with Crippen molar-refractivity contribution >= 4 is 33.4 Å². The first-order valence-electron chi connectivity index (χ1n) is 5.82. The van der Waals surface area contributed by atoms with Crippen molar-refractivity contribution in [2.24, 2.45) is 0 Å². The molecule has 100 valence electrons. The van der Waals surface area contributed by atoms with Crippen LogP contribution < -0.4 is 11.1 Å². The fourth-order valence-electron chi connectivity index (χ4n) is 1.67. The molecule has 19 heavy (non-hydrogen) atoms. The molecule has 0 aliphatic rings. The summed E-state index contributed by atoms with van der Waals surface area (Å²) in [6, 6.07) is 8.02. The lowest BCUT2D eigenvalue weighted by atomic mass is 10.1. The van der Waals surface area contributed by atoms with Crippen molar-refractivity contribution in [1.82, 2.24) is 9.97 Å². The van der Waals surface area contributed by atoms with Crippen molar-refractivity contribution in [2.75, 3.05) is 24.8 Å². The number of halogens is 1. The zero-order chi connectivity index (χ0) is 13.7. The number of nitrogens with two attached hydrogens (primary N) is 1. The molecule has 0 aliphatic carbocycles. The first kappa shape index (κ1) is 13.8. The van der Waals surface area contributed by atoms with Crippen molar-refractivity contribution in [3.05, 3.63) is 40.5 Å². The van der Waals surface area contributed by atoms with E-state index >= 15 is 0 Å². The number of hydrogen-bond acceptors (Lipinski definition) is 5. The largest absolute Gasteiger partial charge is 0.384 e. The molecule has 0 saturated carbocycles. The summed E-state index contributed by atoms with van der Waals surface area (Å²) >= 11 is 3.40. The molecule has 0 amide bonds. The number of ether oxygens (including phenoxy) is 1. The third-order valence-corrected chi connectivity index (χ3v) is 3.19. The van der Waals surface area contributed by atoms with E-state index in [9.17, 15) is 0 Å². The highest BCUT2D eigenvalue weighted by Crippen LogP contribution is 2.25. The molecular formula is C13H15BrN4O. The van der Waals surface area contributed by atoms with Crippen molar-refractivity contribution in [2.45, 2.75) is 6.42 Å². The van der Waals surface area contributed by atoms with Gasteiger partial charge in [-0.3, -0.25) is 0 Å². The van der Waals surface area contributed by atoms with E-state index in [2.05, 4.69) is 37.3 Å². The number of methoxy groups -OCH3 is 1. The number of nitrogen functional groups attached to an aromatic ring is 1. The molecule has 0 saturated heterocycles. The van der Waals surface area contributed by atoms with Crippen molar-refractivity contribution in [1.29, 1.82) is 0 Å². The first-order chi connectivity index (χ1) is 9.20. The molecule has 2 aromatic rings. The van der Waals surface area contributed by atoms with Crippen molar-refractivity contribution in [3.8, 4) is 0 Å². The Morgan fingerprint density at radius 2 is 2.16 bits per heavy atom. The molecule has 0 unspecified atom stereocenters. The molecule has 6 heteroatoms. The smallest absolute Gasteiger partial charge is 0.222 e. The SMILES string of the molecule is COCCc1ccccc1Nc1nc(N)ncc1Br. The maximum Gasteiger partial charge on any atom is 0.222 e. The minimum atomic E-state index is 0.236. The lowest BCUT2D eigenvalue weighted by molar-refractivity contribution is 0.202. The summed E-state index contributed by atoms with van der Waals surface area (Å²) in [5, 5.41) is 3.26. The molecule has 0 atom stereocenters. The van der Waals surface area contributed by atoms with Crippen LogP contribution in [0, 0.1) is 0 Å². The molecular weight excluding hydrogens is 308 g/mol. The van der Waals surface area contributed by atoms with Crippen LogP contribution in [0.4, 0.5) is 17.5 Å². The van der Waals surface area contributed by atoms with E-state index in [1.54, 1.807) is 13.3 Å². The lowest BCUT2D eigenvalue weighted by Crippen LogP contribution is -2.03. The summed E-state index contributed by atoms with van der Waals surface area (Å²) in [6.07, 6.45) is 2.46. The minimum absolute atomic E-state index is 0.236. The molecule has 1 aromatic heterocycles. The summed E-state index contributed by atoms with van der Waals surface area (Å²) in [4.78, 5) is 8.08. The fourth-order valence-corrected chi connectivity index (χ4v) is 1.96. The third kappa shape index (κ3) is 3.65. The summed E-state index contributed by atoms with van der Waals surface area (Å²) < 4.78 is 5.88. The number of aromatic nitrogens is 2. The van der Waals surface area contributed by atoms with Crippen LogP contribution >= 0.6 is 15.9 Å². The molecule has 2 rings (SSSR count). The Kier molecular flexibility index (Phi) is 4.70. The van der Waals surface area contributed by atoms with Crippen LogP contribution in [0.1, 0.15) is 5.56 Å². The van der Waals surface area contributed by atoms with Gasteiger partial charge in [0.25, 0.3) is 0 Å². The molecule has 0 spiro atoms. The lowest BCUT2D eigenvalue weighted by Gasteiger charge is -2.12. The van der Waals surface area contributed by atoms with E-state index in [0.29, 0.717) is 12.4 Å². The highest BCUT2D eigenvalue weighted by molar-refractivity contribution is 9.10. The van der Waals surface area contributed by atoms with E-state index in [1.807, 2.05) is 18.2 Å². The average Bonchev–Trinajstić information content (AvgIpc) is 2.42. The van der Waals surface area contributed by atoms with Crippen LogP contribution in [-0.4, -0.2) is 23.7 Å². The van der Waals surface area contributed by atoms with Gasteiger partial charge in [-0.2, -0.15) is 4.98 Å². The quantitative estimate of drug-likeness (QED) is 0.885. The zero-order valence-electron chi connectivity index (χ0n) is 10.6. The van der Waals surface area contributed by atoms with Gasteiger partial charge in [0, 0.05) is 19.0 Å². The zero-order valence-corrected chi connectivity index (χ0v) is 12.1. The number of para-hydroxylation sites is 1. The maximum atomic E-state index is 5.60. The first-order valence-corrected chi connectivity index (χ1v) is 6.62. The van der Waals surface area contributed by atoms with Gasteiger partial charge in [-0.15, -0.1) is 0 Å². The van der Waals surface area contributed by atoms with E-state index in [-0.39, 0.29) is 5.95 Å². The Morgan fingerprint density at radius 1 is 1.37 bits per heavy atom. The normalized spacial score (nSPS) is 10.4. The van der Waals surface area contributed by atoms with E-state index in [0.717, 1.165) is 22.1 Å². The van der Waals surface area contributed by atoms with Gasteiger partial charge in [0.2, 0.25) is 5.95 Å². The van der Waals surface area contributed by atoms with E-state index in [1.165, 1.54) is 0 Å². The van der Waals surface area contributed by atoms with Crippen LogP contribution in [0.3, 0.4) is 0 Å². The molecule has 0 aliphatic heterocycles. The van der Waals surface area contributed by atoms with Gasteiger partial charge in [0.05, 0.1) is 11.1 Å². The Balaban J connectivity index is 2.25. The number of anilines is 3. The van der Waals surface area contributed by atoms with Crippen LogP contribution in [0.2, 0.25) is 0 Å².